The fourth-order valence-corrected chi connectivity index (χ4v) is 2.79. The molecule has 114 valence electrons. The number of aromatic amines is 1. The Bertz CT molecular complexity index is 564. The molecule has 3 rings (SSSR count). The van der Waals surface area contributed by atoms with Crippen molar-refractivity contribution in [1.29, 1.82) is 0 Å². The van der Waals surface area contributed by atoms with Crippen molar-refractivity contribution >= 4 is 12.0 Å². The second-order valence-corrected chi connectivity index (χ2v) is 6.19. The quantitative estimate of drug-likeness (QED) is 0.658. The Balaban J connectivity index is 1.62. The van der Waals surface area contributed by atoms with Gasteiger partial charge in [0.25, 0.3) is 0 Å². The minimum atomic E-state index is -1.05. The van der Waals surface area contributed by atoms with Gasteiger partial charge in [0.2, 0.25) is 0 Å². The van der Waals surface area contributed by atoms with Crippen molar-refractivity contribution in [2.24, 2.45) is 11.8 Å². The Labute approximate surface area is 122 Å². The predicted octanol–water partition coefficient (Wildman–Crippen LogP) is 1.44. The van der Waals surface area contributed by atoms with Crippen LogP contribution >= 0.6 is 0 Å². The molecule has 0 radical (unpaired) electrons. The lowest BCUT2D eigenvalue weighted by molar-refractivity contribution is 0.0690. The SMILES string of the molecule is CC1CC1CNC(=O)NC1(c2ncc(C(=O)O)[nH]2)CCC1. The second kappa shape index (κ2) is 5.05. The van der Waals surface area contributed by atoms with Gasteiger partial charge in [-0.05, 0) is 37.5 Å². The summed E-state index contributed by atoms with van der Waals surface area (Å²) >= 11 is 0. The van der Waals surface area contributed by atoms with Gasteiger partial charge in [0.1, 0.15) is 11.5 Å². The molecule has 1 heterocycles. The maximum Gasteiger partial charge on any atom is 0.353 e. The van der Waals surface area contributed by atoms with Crippen molar-refractivity contribution in [2.45, 2.75) is 38.1 Å². The van der Waals surface area contributed by atoms with Crippen LogP contribution < -0.4 is 10.6 Å². The summed E-state index contributed by atoms with van der Waals surface area (Å²) in [7, 11) is 0. The molecule has 21 heavy (non-hydrogen) atoms. The minimum Gasteiger partial charge on any atom is -0.477 e. The maximum absolute atomic E-state index is 12.0. The molecule has 7 nitrogen and oxygen atoms in total. The highest BCUT2D eigenvalue weighted by molar-refractivity contribution is 5.85. The van der Waals surface area contributed by atoms with Crippen LogP contribution in [0.1, 0.15) is 48.9 Å². The highest BCUT2D eigenvalue weighted by Crippen LogP contribution is 2.40. The summed E-state index contributed by atoms with van der Waals surface area (Å²) < 4.78 is 0. The smallest absolute Gasteiger partial charge is 0.353 e. The number of hydrogen-bond acceptors (Lipinski definition) is 3. The summed E-state index contributed by atoms with van der Waals surface area (Å²) in [6, 6.07) is -0.206. The molecular weight excluding hydrogens is 272 g/mol. The summed E-state index contributed by atoms with van der Waals surface area (Å²) in [6.07, 6.45) is 5.00. The van der Waals surface area contributed by atoms with Gasteiger partial charge < -0.3 is 20.7 Å². The zero-order valence-electron chi connectivity index (χ0n) is 12.0. The van der Waals surface area contributed by atoms with Gasteiger partial charge in [-0.15, -0.1) is 0 Å². The Morgan fingerprint density at radius 3 is 2.71 bits per heavy atom. The molecular formula is C14H20N4O3. The van der Waals surface area contributed by atoms with E-state index in [1.807, 2.05) is 0 Å². The number of H-pyrrole nitrogens is 1. The van der Waals surface area contributed by atoms with E-state index in [4.69, 9.17) is 5.11 Å². The molecule has 2 fully saturated rings. The number of urea groups is 1. The molecule has 0 spiro atoms. The number of hydrogen-bond donors (Lipinski definition) is 4. The highest BCUT2D eigenvalue weighted by atomic mass is 16.4. The average Bonchev–Trinajstić information content (AvgIpc) is 2.89. The van der Waals surface area contributed by atoms with Crippen molar-refractivity contribution in [3.63, 3.8) is 0 Å². The lowest BCUT2D eigenvalue weighted by Crippen LogP contribution is -2.54. The second-order valence-electron chi connectivity index (χ2n) is 6.19. The lowest BCUT2D eigenvalue weighted by Gasteiger charge is -2.40. The van der Waals surface area contributed by atoms with E-state index in [0.717, 1.165) is 19.3 Å². The van der Waals surface area contributed by atoms with Crippen LogP contribution in [-0.4, -0.2) is 33.6 Å². The van der Waals surface area contributed by atoms with Crippen LogP contribution in [0.4, 0.5) is 4.79 Å². The van der Waals surface area contributed by atoms with E-state index < -0.39 is 11.5 Å². The van der Waals surface area contributed by atoms with E-state index in [9.17, 15) is 9.59 Å². The van der Waals surface area contributed by atoms with Gasteiger partial charge in [0.05, 0.1) is 11.7 Å². The monoisotopic (exact) mass is 292 g/mol. The molecule has 2 aliphatic rings. The maximum atomic E-state index is 12.0. The number of rotatable bonds is 5. The number of nitrogens with one attached hydrogen (secondary N) is 3. The van der Waals surface area contributed by atoms with Crippen molar-refractivity contribution in [3.05, 3.63) is 17.7 Å². The molecule has 7 heteroatoms. The molecule has 0 aromatic carbocycles. The van der Waals surface area contributed by atoms with E-state index in [2.05, 4.69) is 27.5 Å². The molecule has 2 aliphatic carbocycles. The van der Waals surface area contributed by atoms with E-state index >= 15 is 0 Å². The number of imidazole rings is 1. The Hall–Kier alpha value is -2.05. The van der Waals surface area contributed by atoms with Crippen LogP contribution in [0.2, 0.25) is 0 Å². The number of amides is 2. The fraction of sp³-hybridized carbons (Fsp3) is 0.643. The number of carboxylic acid groups (broad SMARTS) is 1. The predicted molar refractivity (Wildman–Crippen MR) is 74.9 cm³/mol. The number of aromatic nitrogens is 2. The number of nitrogens with zero attached hydrogens (tertiary/aromatic N) is 1. The largest absolute Gasteiger partial charge is 0.477 e. The topological polar surface area (TPSA) is 107 Å². The summed E-state index contributed by atoms with van der Waals surface area (Å²) in [4.78, 5) is 29.9. The van der Waals surface area contributed by atoms with Gasteiger partial charge in [-0.1, -0.05) is 6.92 Å². The molecule has 0 saturated heterocycles. The van der Waals surface area contributed by atoms with Crippen LogP contribution in [-0.2, 0) is 5.54 Å². The van der Waals surface area contributed by atoms with Gasteiger partial charge in [-0.3, -0.25) is 0 Å². The van der Waals surface area contributed by atoms with Crippen molar-refractivity contribution < 1.29 is 14.7 Å². The highest BCUT2D eigenvalue weighted by Gasteiger charge is 2.43. The van der Waals surface area contributed by atoms with Crippen LogP contribution in [0.25, 0.3) is 0 Å². The molecule has 2 amide bonds. The van der Waals surface area contributed by atoms with E-state index in [0.29, 0.717) is 24.2 Å². The lowest BCUT2D eigenvalue weighted by atomic mass is 9.76. The minimum absolute atomic E-state index is 0.0466. The average molecular weight is 292 g/mol. The van der Waals surface area contributed by atoms with Crippen molar-refractivity contribution in [1.82, 2.24) is 20.6 Å². The van der Waals surface area contributed by atoms with Crippen LogP contribution in [0.15, 0.2) is 6.20 Å². The Morgan fingerprint density at radius 1 is 1.52 bits per heavy atom. The van der Waals surface area contributed by atoms with Crippen LogP contribution in [0.5, 0.6) is 0 Å². The van der Waals surface area contributed by atoms with E-state index in [1.165, 1.54) is 12.6 Å². The first-order valence-corrected chi connectivity index (χ1v) is 7.35. The normalized spacial score (nSPS) is 25.8. The number of carboxylic acids is 1. The van der Waals surface area contributed by atoms with Gasteiger partial charge in [0.15, 0.2) is 0 Å². The third-order valence-corrected chi connectivity index (χ3v) is 4.62. The van der Waals surface area contributed by atoms with Crippen LogP contribution in [0, 0.1) is 11.8 Å². The summed E-state index contributed by atoms with van der Waals surface area (Å²) in [5, 5.41) is 14.8. The Kier molecular flexibility index (Phi) is 3.35. The number of carbonyl (C=O) groups excluding carboxylic acids is 1. The Morgan fingerprint density at radius 2 is 2.24 bits per heavy atom. The summed E-state index contributed by atoms with van der Waals surface area (Å²) in [6.45, 7) is 2.87. The first-order valence-electron chi connectivity index (χ1n) is 7.35. The number of carbonyl (C=O) groups is 2. The molecule has 1 aromatic heterocycles. The summed E-state index contributed by atoms with van der Waals surface area (Å²) in [5.74, 6) is 0.776. The third-order valence-electron chi connectivity index (χ3n) is 4.62. The zero-order chi connectivity index (χ0) is 15.0. The van der Waals surface area contributed by atoms with Gasteiger partial charge in [0, 0.05) is 6.54 Å². The van der Waals surface area contributed by atoms with Gasteiger partial charge in [-0.2, -0.15) is 0 Å². The van der Waals surface area contributed by atoms with Crippen molar-refractivity contribution in [2.75, 3.05) is 6.54 Å². The molecule has 2 atom stereocenters. The third kappa shape index (κ3) is 2.72. The molecule has 0 bridgehead atoms. The van der Waals surface area contributed by atoms with Gasteiger partial charge >= 0.3 is 12.0 Å². The van der Waals surface area contributed by atoms with E-state index in [-0.39, 0.29) is 11.7 Å². The zero-order valence-corrected chi connectivity index (χ0v) is 12.0. The van der Waals surface area contributed by atoms with Crippen molar-refractivity contribution in [3.8, 4) is 0 Å². The van der Waals surface area contributed by atoms with Crippen LogP contribution in [0.3, 0.4) is 0 Å². The fourth-order valence-electron chi connectivity index (χ4n) is 2.79. The number of aromatic carboxylic acids is 1. The molecule has 1 aromatic rings. The standard InChI is InChI=1S/C14H20N4O3/c1-8-5-9(8)6-16-13(21)18-14(3-2-4-14)12-15-7-10(17-12)11(19)20/h7-9H,2-6H2,1H3,(H,15,17)(H,19,20)(H2,16,18,21). The molecule has 0 aliphatic heterocycles. The van der Waals surface area contributed by atoms with E-state index in [1.54, 1.807) is 0 Å². The first-order chi connectivity index (χ1) is 10.00. The molecule has 2 saturated carbocycles. The molecule has 4 N–H and O–H groups in total. The van der Waals surface area contributed by atoms with Gasteiger partial charge in [-0.25, -0.2) is 14.6 Å². The summed E-state index contributed by atoms with van der Waals surface area (Å²) in [5.41, 5.74) is -0.502. The first kappa shape index (κ1) is 13.9. The molecule has 2 unspecified atom stereocenters.